The highest BCUT2D eigenvalue weighted by molar-refractivity contribution is 5.80. The molecule has 2 aromatic rings. The number of nitrogens with two attached hydrogens (primary N) is 1. The first-order chi connectivity index (χ1) is 9.56. The largest absolute Gasteiger partial charge is 0.368 e. The molecule has 6 nitrogen and oxygen atoms in total. The quantitative estimate of drug-likeness (QED) is 0.894. The van der Waals surface area contributed by atoms with Crippen LogP contribution in [0.4, 0.5) is 0 Å². The van der Waals surface area contributed by atoms with Gasteiger partial charge in [-0.15, -0.1) is 0 Å². The van der Waals surface area contributed by atoms with Gasteiger partial charge in [-0.3, -0.25) is 14.4 Å². The molecule has 1 saturated heterocycles. The van der Waals surface area contributed by atoms with Gasteiger partial charge in [-0.25, -0.2) is 4.98 Å². The first kappa shape index (κ1) is 13.1. The second-order valence-electron chi connectivity index (χ2n) is 5.45. The molecule has 1 aliphatic rings. The SMILES string of the molecule is Cc1nn(C)c2ncc(CN3CCCC3C(N)=O)cc12. The Balaban J connectivity index is 1.87. The van der Waals surface area contributed by atoms with Crippen molar-refractivity contribution in [2.45, 2.75) is 32.4 Å². The zero-order valence-corrected chi connectivity index (χ0v) is 11.8. The van der Waals surface area contributed by atoms with E-state index < -0.39 is 0 Å². The third-order valence-corrected chi connectivity index (χ3v) is 4.00. The maximum absolute atomic E-state index is 11.4. The van der Waals surface area contributed by atoms with Gasteiger partial charge in [0.2, 0.25) is 5.91 Å². The van der Waals surface area contributed by atoms with E-state index in [9.17, 15) is 4.79 Å². The number of likely N-dealkylation sites (tertiary alicyclic amines) is 1. The lowest BCUT2D eigenvalue weighted by Gasteiger charge is -2.21. The number of fused-ring (bicyclic) bond motifs is 1. The van der Waals surface area contributed by atoms with E-state index in [1.807, 2.05) is 20.2 Å². The summed E-state index contributed by atoms with van der Waals surface area (Å²) in [5.74, 6) is -0.228. The number of hydrogen-bond acceptors (Lipinski definition) is 4. The van der Waals surface area contributed by atoms with Gasteiger partial charge in [0.15, 0.2) is 5.65 Å². The summed E-state index contributed by atoms with van der Waals surface area (Å²) >= 11 is 0. The molecule has 2 aromatic heterocycles. The Bertz CT molecular complexity index is 663. The van der Waals surface area contributed by atoms with E-state index in [2.05, 4.69) is 21.0 Å². The van der Waals surface area contributed by atoms with Crippen LogP contribution in [0.25, 0.3) is 11.0 Å². The topological polar surface area (TPSA) is 77.0 Å². The van der Waals surface area contributed by atoms with Gasteiger partial charge in [-0.05, 0) is 37.9 Å². The van der Waals surface area contributed by atoms with Crippen LogP contribution < -0.4 is 5.73 Å². The van der Waals surface area contributed by atoms with Crippen molar-refractivity contribution in [3.63, 3.8) is 0 Å². The van der Waals surface area contributed by atoms with E-state index in [0.717, 1.165) is 41.7 Å². The van der Waals surface area contributed by atoms with E-state index in [4.69, 9.17) is 5.73 Å². The Kier molecular flexibility index (Phi) is 3.17. The normalized spacial score (nSPS) is 19.8. The summed E-state index contributed by atoms with van der Waals surface area (Å²) in [6.07, 6.45) is 3.74. The van der Waals surface area contributed by atoms with Crippen LogP contribution in [0.1, 0.15) is 24.1 Å². The van der Waals surface area contributed by atoms with Crippen molar-refractivity contribution in [2.24, 2.45) is 12.8 Å². The molecule has 3 rings (SSSR count). The molecule has 20 heavy (non-hydrogen) atoms. The van der Waals surface area contributed by atoms with Crippen molar-refractivity contribution in [2.75, 3.05) is 6.54 Å². The van der Waals surface area contributed by atoms with Crippen LogP contribution in [0.5, 0.6) is 0 Å². The van der Waals surface area contributed by atoms with Crippen LogP contribution in [0.15, 0.2) is 12.3 Å². The van der Waals surface area contributed by atoms with E-state index in [1.54, 1.807) is 4.68 Å². The molecule has 0 radical (unpaired) electrons. The van der Waals surface area contributed by atoms with Gasteiger partial charge >= 0.3 is 0 Å². The lowest BCUT2D eigenvalue weighted by atomic mass is 10.1. The molecule has 0 spiro atoms. The summed E-state index contributed by atoms with van der Waals surface area (Å²) in [7, 11) is 1.89. The van der Waals surface area contributed by atoms with Crippen LogP contribution in [0, 0.1) is 6.92 Å². The number of rotatable bonds is 3. The Morgan fingerprint density at radius 2 is 2.35 bits per heavy atom. The molecule has 0 aromatic carbocycles. The summed E-state index contributed by atoms with van der Waals surface area (Å²) in [5, 5.41) is 5.44. The number of carbonyl (C=O) groups excluding carboxylic acids is 1. The number of amides is 1. The minimum absolute atomic E-state index is 0.138. The highest BCUT2D eigenvalue weighted by atomic mass is 16.1. The molecule has 3 heterocycles. The third kappa shape index (κ3) is 2.16. The van der Waals surface area contributed by atoms with Gasteiger partial charge in [0.05, 0.1) is 11.7 Å². The van der Waals surface area contributed by atoms with Crippen molar-refractivity contribution >= 4 is 16.9 Å². The van der Waals surface area contributed by atoms with Crippen LogP contribution in [-0.4, -0.2) is 38.2 Å². The predicted octanol–water partition coefficient (Wildman–Crippen LogP) is 0.726. The molecular formula is C14H19N5O. The first-order valence-corrected chi connectivity index (χ1v) is 6.88. The van der Waals surface area contributed by atoms with Crippen LogP contribution in [0.2, 0.25) is 0 Å². The van der Waals surface area contributed by atoms with Crippen molar-refractivity contribution < 1.29 is 4.79 Å². The number of carbonyl (C=O) groups is 1. The van der Waals surface area contributed by atoms with Crippen LogP contribution in [0.3, 0.4) is 0 Å². The number of aryl methyl sites for hydroxylation is 2. The standard InChI is InChI=1S/C14H19N5O/c1-9-11-6-10(7-16-14(11)18(2)17-9)8-19-5-3-4-12(19)13(15)20/h6-7,12H,3-5,8H2,1-2H3,(H2,15,20). The number of aromatic nitrogens is 3. The average Bonchev–Trinajstić information content (AvgIpc) is 2.96. The monoisotopic (exact) mass is 273 g/mol. The first-order valence-electron chi connectivity index (χ1n) is 6.88. The Morgan fingerprint density at radius 3 is 3.10 bits per heavy atom. The summed E-state index contributed by atoms with van der Waals surface area (Å²) in [6, 6.07) is 1.97. The summed E-state index contributed by atoms with van der Waals surface area (Å²) < 4.78 is 1.79. The molecular weight excluding hydrogens is 254 g/mol. The van der Waals surface area contributed by atoms with Gasteiger partial charge in [-0.2, -0.15) is 5.10 Å². The Morgan fingerprint density at radius 1 is 1.55 bits per heavy atom. The second kappa shape index (κ2) is 4.86. The number of nitrogens with zero attached hydrogens (tertiary/aromatic N) is 4. The maximum atomic E-state index is 11.4. The highest BCUT2D eigenvalue weighted by Crippen LogP contribution is 2.22. The molecule has 1 amide bonds. The number of hydrogen-bond donors (Lipinski definition) is 1. The fourth-order valence-electron chi connectivity index (χ4n) is 3.01. The van der Waals surface area contributed by atoms with Crippen LogP contribution >= 0.6 is 0 Å². The highest BCUT2D eigenvalue weighted by Gasteiger charge is 2.28. The van der Waals surface area contributed by atoms with Crippen LogP contribution in [-0.2, 0) is 18.4 Å². The van der Waals surface area contributed by atoms with E-state index in [1.165, 1.54) is 0 Å². The Labute approximate surface area is 117 Å². The molecule has 6 heteroatoms. The fraction of sp³-hybridized carbons (Fsp3) is 0.500. The molecule has 0 saturated carbocycles. The molecule has 2 N–H and O–H groups in total. The smallest absolute Gasteiger partial charge is 0.234 e. The zero-order chi connectivity index (χ0) is 14.3. The molecule has 1 atom stereocenters. The second-order valence-corrected chi connectivity index (χ2v) is 5.45. The van der Waals surface area contributed by atoms with Gasteiger partial charge in [-0.1, -0.05) is 0 Å². The minimum atomic E-state index is -0.228. The summed E-state index contributed by atoms with van der Waals surface area (Å²) in [5.41, 5.74) is 8.41. The van der Waals surface area contributed by atoms with Crippen molar-refractivity contribution in [1.29, 1.82) is 0 Å². The molecule has 1 unspecified atom stereocenters. The molecule has 1 aliphatic heterocycles. The minimum Gasteiger partial charge on any atom is -0.368 e. The lowest BCUT2D eigenvalue weighted by molar-refractivity contribution is -0.122. The van der Waals surface area contributed by atoms with Gasteiger partial charge in [0, 0.05) is 25.2 Å². The predicted molar refractivity (Wildman–Crippen MR) is 75.9 cm³/mol. The molecule has 106 valence electrons. The number of pyridine rings is 1. The average molecular weight is 273 g/mol. The van der Waals surface area contributed by atoms with Gasteiger partial charge in [0.1, 0.15) is 0 Å². The maximum Gasteiger partial charge on any atom is 0.234 e. The molecule has 0 bridgehead atoms. The van der Waals surface area contributed by atoms with Crippen molar-refractivity contribution in [1.82, 2.24) is 19.7 Å². The third-order valence-electron chi connectivity index (χ3n) is 4.00. The Hall–Kier alpha value is -1.95. The van der Waals surface area contributed by atoms with E-state index in [0.29, 0.717) is 6.54 Å². The van der Waals surface area contributed by atoms with Crippen molar-refractivity contribution in [3.8, 4) is 0 Å². The fourth-order valence-corrected chi connectivity index (χ4v) is 3.01. The molecule has 0 aliphatic carbocycles. The van der Waals surface area contributed by atoms with Gasteiger partial charge < -0.3 is 5.73 Å². The zero-order valence-electron chi connectivity index (χ0n) is 11.8. The number of primary amides is 1. The van der Waals surface area contributed by atoms with Crippen molar-refractivity contribution in [3.05, 3.63) is 23.5 Å². The van der Waals surface area contributed by atoms with E-state index in [-0.39, 0.29) is 11.9 Å². The molecule has 1 fully saturated rings. The lowest BCUT2D eigenvalue weighted by Crippen LogP contribution is -2.39. The van der Waals surface area contributed by atoms with Gasteiger partial charge in [0.25, 0.3) is 0 Å². The van der Waals surface area contributed by atoms with E-state index >= 15 is 0 Å². The summed E-state index contributed by atoms with van der Waals surface area (Å²) in [6.45, 7) is 3.61. The summed E-state index contributed by atoms with van der Waals surface area (Å²) in [4.78, 5) is 18.0.